The molecule has 2 N–H and O–H groups in total. The zero-order chi connectivity index (χ0) is 15.3. The Kier molecular flexibility index (Phi) is 5.95. The predicted molar refractivity (Wildman–Crippen MR) is 75.2 cm³/mol. The fraction of sp³-hybridized carbons (Fsp3) is 0.600. The standard InChI is InChI=1S/C15H22O5/c1-4-9(2)14(18)13-11(17)8-12(20-15(13)19)10(3)6-5-7-16/h8-10,16-17H,4-7H2,1-3H3. The largest absolute Gasteiger partial charge is 0.507 e. The summed E-state index contributed by atoms with van der Waals surface area (Å²) in [5.74, 6) is -0.817. The number of aromatic hydroxyl groups is 1. The SMILES string of the molecule is CCC(C)C(=O)c1c(O)cc(C(C)CCCO)oc1=O. The minimum Gasteiger partial charge on any atom is -0.507 e. The van der Waals surface area contributed by atoms with E-state index in [1.807, 2.05) is 13.8 Å². The van der Waals surface area contributed by atoms with E-state index in [2.05, 4.69) is 0 Å². The Morgan fingerprint density at radius 2 is 2.05 bits per heavy atom. The molecule has 0 aromatic carbocycles. The van der Waals surface area contributed by atoms with Gasteiger partial charge in [-0.1, -0.05) is 20.8 Å². The van der Waals surface area contributed by atoms with Gasteiger partial charge in [0.2, 0.25) is 0 Å². The molecule has 0 saturated carbocycles. The van der Waals surface area contributed by atoms with Crippen molar-refractivity contribution in [2.75, 3.05) is 6.61 Å². The van der Waals surface area contributed by atoms with Gasteiger partial charge < -0.3 is 14.6 Å². The van der Waals surface area contributed by atoms with Crippen LogP contribution in [0.15, 0.2) is 15.3 Å². The number of rotatable bonds is 7. The van der Waals surface area contributed by atoms with Crippen LogP contribution in [0, 0.1) is 5.92 Å². The van der Waals surface area contributed by atoms with Crippen molar-refractivity contribution in [2.45, 2.75) is 46.0 Å². The molecule has 2 unspecified atom stereocenters. The number of ketones is 1. The number of Topliss-reactive ketones (excluding diaryl/α,β-unsaturated/α-hetero) is 1. The molecule has 0 spiro atoms. The fourth-order valence-electron chi connectivity index (χ4n) is 1.94. The highest BCUT2D eigenvalue weighted by Gasteiger charge is 2.24. The van der Waals surface area contributed by atoms with Crippen LogP contribution in [0.4, 0.5) is 0 Å². The number of carbonyl (C=O) groups excluding carboxylic acids is 1. The minimum absolute atomic E-state index is 0.0607. The number of aliphatic hydroxyl groups excluding tert-OH is 1. The van der Waals surface area contributed by atoms with Crippen LogP contribution in [0.25, 0.3) is 0 Å². The molecule has 5 heteroatoms. The monoisotopic (exact) mass is 282 g/mol. The molecule has 112 valence electrons. The summed E-state index contributed by atoms with van der Waals surface area (Å²) in [6.07, 6.45) is 1.81. The second kappa shape index (κ2) is 7.24. The minimum atomic E-state index is -0.791. The Labute approximate surface area is 118 Å². The van der Waals surface area contributed by atoms with Gasteiger partial charge in [-0.3, -0.25) is 4.79 Å². The van der Waals surface area contributed by atoms with Crippen LogP contribution in [0.3, 0.4) is 0 Å². The number of carbonyl (C=O) groups is 1. The molecular weight excluding hydrogens is 260 g/mol. The fourth-order valence-corrected chi connectivity index (χ4v) is 1.94. The lowest BCUT2D eigenvalue weighted by molar-refractivity contribution is 0.0919. The van der Waals surface area contributed by atoms with Gasteiger partial charge in [-0.15, -0.1) is 0 Å². The average molecular weight is 282 g/mol. The normalized spacial score (nSPS) is 14.0. The first-order chi connectivity index (χ1) is 9.42. The third-order valence-corrected chi connectivity index (χ3v) is 3.54. The number of aliphatic hydroxyl groups is 1. The number of hydrogen-bond acceptors (Lipinski definition) is 5. The highest BCUT2D eigenvalue weighted by atomic mass is 16.4. The quantitative estimate of drug-likeness (QED) is 0.750. The van der Waals surface area contributed by atoms with Crippen molar-refractivity contribution in [2.24, 2.45) is 5.92 Å². The van der Waals surface area contributed by atoms with E-state index in [0.717, 1.165) is 0 Å². The molecule has 0 radical (unpaired) electrons. The molecule has 0 fully saturated rings. The van der Waals surface area contributed by atoms with Crippen LogP contribution in [0.5, 0.6) is 5.75 Å². The van der Waals surface area contributed by atoms with E-state index in [-0.39, 0.29) is 29.8 Å². The molecule has 20 heavy (non-hydrogen) atoms. The summed E-state index contributed by atoms with van der Waals surface area (Å²) in [4.78, 5) is 23.9. The van der Waals surface area contributed by atoms with Crippen molar-refractivity contribution in [3.8, 4) is 5.75 Å². The molecule has 0 aliphatic rings. The molecule has 1 aromatic rings. The molecule has 1 aromatic heterocycles. The second-order valence-electron chi connectivity index (χ2n) is 5.14. The topological polar surface area (TPSA) is 87.7 Å². The van der Waals surface area contributed by atoms with Crippen molar-refractivity contribution in [3.05, 3.63) is 27.8 Å². The van der Waals surface area contributed by atoms with Gasteiger partial charge in [-0.25, -0.2) is 4.79 Å². The van der Waals surface area contributed by atoms with E-state index in [1.165, 1.54) is 6.07 Å². The molecule has 0 amide bonds. The van der Waals surface area contributed by atoms with Crippen molar-refractivity contribution in [1.82, 2.24) is 0 Å². The van der Waals surface area contributed by atoms with Gasteiger partial charge in [-0.05, 0) is 19.3 Å². The molecule has 2 atom stereocenters. The number of hydrogen-bond donors (Lipinski definition) is 2. The Bertz CT molecular complexity index is 517. The highest BCUT2D eigenvalue weighted by Crippen LogP contribution is 2.26. The molecule has 0 bridgehead atoms. The molecule has 5 nitrogen and oxygen atoms in total. The highest BCUT2D eigenvalue weighted by molar-refractivity contribution is 5.99. The van der Waals surface area contributed by atoms with Crippen LogP contribution in [-0.4, -0.2) is 22.6 Å². The summed E-state index contributed by atoms with van der Waals surface area (Å²) in [7, 11) is 0. The lowest BCUT2D eigenvalue weighted by Crippen LogP contribution is -2.20. The molecule has 1 heterocycles. The smallest absolute Gasteiger partial charge is 0.350 e. The molecule has 0 aliphatic carbocycles. The summed E-state index contributed by atoms with van der Waals surface area (Å²) in [6.45, 7) is 5.44. The first-order valence-electron chi connectivity index (χ1n) is 6.94. The van der Waals surface area contributed by atoms with Gasteiger partial charge in [0, 0.05) is 24.5 Å². The van der Waals surface area contributed by atoms with Gasteiger partial charge >= 0.3 is 5.63 Å². The summed E-state index contributed by atoms with van der Waals surface area (Å²) < 4.78 is 5.15. The van der Waals surface area contributed by atoms with Crippen LogP contribution in [0.1, 0.15) is 62.1 Å². The van der Waals surface area contributed by atoms with E-state index in [0.29, 0.717) is 25.0 Å². The third kappa shape index (κ3) is 3.70. The molecular formula is C15H22O5. The maximum atomic E-state index is 12.0. The van der Waals surface area contributed by atoms with E-state index >= 15 is 0 Å². The van der Waals surface area contributed by atoms with Gasteiger partial charge in [-0.2, -0.15) is 0 Å². The van der Waals surface area contributed by atoms with Crippen molar-refractivity contribution in [3.63, 3.8) is 0 Å². The van der Waals surface area contributed by atoms with E-state index in [4.69, 9.17) is 9.52 Å². The second-order valence-corrected chi connectivity index (χ2v) is 5.14. The van der Waals surface area contributed by atoms with Crippen LogP contribution in [0.2, 0.25) is 0 Å². The first kappa shape index (κ1) is 16.4. The zero-order valence-corrected chi connectivity index (χ0v) is 12.2. The Morgan fingerprint density at radius 3 is 2.55 bits per heavy atom. The average Bonchev–Trinajstić information content (AvgIpc) is 2.42. The van der Waals surface area contributed by atoms with Gasteiger partial charge in [0.05, 0.1) is 0 Å². The maximum Gasteiger partial charge on any atom is 0.350 e. The van der Waals surface area contributed by atoms with E-state index in [1.54, 1.807) is 6.92 Å². The van der Waals surface area contributed by atoms with Gasteiger partial charge in [0.25, 0.3) is 0 Å². The van der Waals surface area contributed by atoms with Crippen LogP contribution in [-0.2, 0) is 0 Å². The molecule has 1 rings (SSSR count). The maximum absolute atomic E-state index is 12.0. The Morgan fingerprint density at radius 1 is 1.40 bits per heavy atom. The van der Waals surface area contributed by atoms with E-state index in [9.17, 15) is 14.7 Å². The lowest BCUT2D eigenvalue weighted by atomic mass is 9.96. The van der Waals surface area contributed by atoms with Crippen LogP contribution >= 0.6 is 0 Å². The summed E-state index contributed by atoms with van der Waals surface area (Å²) in [5.41, 5.74) is -1.06. The Balaban J connectivity index is 3.09. The third-order valence-electron chi connectivity index (χ3n) is 3.54. The Hall–Kier alpha value is -1.62. The summed E-state index contributed by atoms with van der Waals surface area (Å²) in [6, 6.07) is 1.33. The van der Waals surface area contributed by atoms with Crippen molar-refractivity contribution in [1.29, 1.82) is 0 Å². The molecule has 0 aliphatic heterocycles. The van der Waals surface area contributed by atoms with Crippen LogP contribution < -0.4 is 5.63 Å². The summed E-state index contributed by atoms with van der Waals surface area (Å²) >= 11 is 0. The van der Waals surface area contributed by atoms with Gasteiger partial charge in [0.1, 0.15) is 17.1 Å². The van der Waals surface area contributed by atoms with Crippen molar-refractivity contribution < 1.29 is 19.4 Å². The predicted octanol–water partition coefficient (Wildman–Crippen LogP) is 2.45. The van der Waals surface area contributed by atoms with E-state index < -0.39 is 11.4 Å². The first-order valence-corrected chi connectivity index (χ1v) is 6.94. The zero-order valence-electron chi connectivity index (χ0n) is 12.2. The van der Waals surface area contributed by atoms with Gasteiger partial charge in [0.15, 0.2) is 5.78 Å². The lowest BCUT2D eigenvalue weighted by Gasteiger charge is -2.12. The molecule has 0 saturated heterocycles. The summed E-state index contributed by atoms with van der Waals surface area (Å²) in [5, 5.41) is 18.7. The van der Waals surface area contributed by atoms with Crippen molar-refractivity contribution >= 4 is 5.78 Å².